The van der Waals surface area contributed by atoms with Gasteiger partial charge < -0.3 is 30.6 Å². The van der Waals surface area contributed by atoms with E-state index in [-0.39, 0.29) is 6.42 Å². The predicted molar refractivity (Wildman–Crippen MR) is 118 cm³/mol. The summed E-state index contributed by atoms with van der Waals surface area (Å²) in [4.78, 5) is 27.6. The van der Waals surface area contributed by atoms with Gasteiger partial charge in [0.15, 0.2) is 0 Å². The zero-order chi connectivity index (χ0) is 23.0. The zero-order valence-corrected chi connectivity index (χ0v) is 18.5. The summed E-state index contributed by atoms with van der Waals surface area (Å²) in [5.74, 6) is -1.00. The molecule has 9 nitrogen and oxygen atoms in total. The topological polar surface area (TPSA) is 134 Å². The third kappa shape index (κ3) is 8.96. The second-order valence-electron chi connectivity index (χ2n) is 8.77. The molecule has 0 unspecified atom stereocenters. The summed E-state index contributed by atoms with van der Waals surface area (Å²) < 4.78 is 10.8. The molecule has 0 radical (unpaired) electrons. The van der Waals surface area contributed by atoms with E-state index in [0.29, 0.717) is 37.2 Å². The first-order valence-corrected chi connectivity index (χ1v) is 10.6. The lowest BCUT2D eigenvalue weighted by Gasteiger charge is -2.28. The van der Waals surface area contributed by atoms with E-state index in [2.05, 4.69) is 10.2 Å². The summed E-state index contributed by atoms with van der Waals surface area (Å²) in [6.07, 6.45) is 0.594. The molecule has 2 rings (SSSR count). The van der Waals surface area contributed by atoms with Crippen molar-refractivity contribution in [3.8, 4) is 0 Å². The Hall–Kier alpha value is -1.98. The molecule has 0 bridgehead atoms. The fourth-order valence-electron chi connectivity index (χ4n) is 3.24. The largest absolute Gasteiger partial charge is 0.488 e. The van der Waals surface area contributed by atoms with E-state index in [1.807, 2.05) is 0 Å². The first-order valence-electron chi connectivity index (χ1n) is 10.6. The van der Waals surface area contributed by atoms with Crippen molar-refractivity contribution in [2.24, 2.45) is 5.73 Å². The number of carbonyl (C=O) groups excluding carboxylic acids is 2. The van der Waals surface area contributed by atoms with Gasteiger partial charge in [-0.2, -0.15) is 0 Å². The first kappa shape index (κ1) is 25.3. The van der Waals surface area contributed by atoms with Gasteiger partial charge in [0.2, 0.25) is 5.91 Å². The maximum Gasteiger partial charge on any atom is 0.488 e. The molecule has 1 saturated heterocycles. The van der Waals surface area contributed by atoms with Gasteiger partial charge in [0.1, 0.15) is 11.6 Å². The van der Waals surface area contributed by atoms with E-state index in [4.69, 9.17) is 15.2 Å². The lowest BCUT2D eigenvalue weighted by atomic mass is 9.79. The zero-order valence-electron chi connectivity index (χ0n) is 18.5. The Balaban J connectivity index is 2.04. The minimum atomic E-state index is -1.62. The van der Waals surface area contributed by atoms with Gasteiger partial charge in [-0.1, -0.05) is 24.3 Å². The Morgan fingerprint density at radius 3 is 2.58 bits per heavy atom. The lowest BCUT2D eigenvalue weighted by Crippen LogP contribution is -2.51. The number of nitrogens with one attached hydrogen (secondary N) is 1. The molecule has 1 amide bonds. The molecule has 0 aliphatic carbocycles. The fraction of sp³-hybridized carbons (Fsp3) is 0.619. The highest BCUT2D eigenvalue weighted by Gasteiger charge is 2.29. The van der Waals surface area contributed by atoms with Gasteiger partial charge >= 0.3 is 13.1 Å². The van der Waals surface area contributed by atoms with Crippen LogP contribution in [0.1, 0.15) is 32.8 Å². The van der Waals surface area contributed by atoms with Crippen LogP contribution in [0.3, 0.4) is 0 Å². The number of hydrogen-bond donors (Lipinski definition) is 4. The average molecular weight is 435 g/mol. The molecule has 1 aliphatic heterocycles. The van der Waals surface area contributed by atoms with Gasteiger partial charge in [0.25, 0.3) is 0 Å². The molecule has 0 saturated carbocycles. The number of benzene rings is 1. The molecular weight excluding hydrogens is 401 g/mol. The third-order valence-electron chi connectivity index (χ3n) is 4.89. The Labute approximate surface area is 184 Å². The van der Waals surface area contributed by atoms with E-state index in [1.54, 1.807) is 45.0 Å². The van der Waals surface area contributed by atoms with E-state index in [0.717, 1.165) is 13.1 Å². The molecule has 31 heavy (non-hydrogen) atoms. The van der Waals surface area contributed by atoms with Crippen molar-refractivity contribution in [3.63, 3.8) is 0 Å². The number of esters is 1. The van der Waals surface area contributed by atoms with Crippen LogP contribution in [0.25, 0.3) is 0 Å². The molecule has 0 spiro atoms. The Kier molecular flexibility index (Phi) is 9.45. The summed E-state index contributed by atoms with van der Waals surface area (Å²) in [5.41, 5.74) is 6.31. The molecule has 1 heterocycles. The van der Waals surface area contributed by atoms with Crippen LogP contribution in [0, 0.1) is 0 Å². The number of carbonyl (C=O) groups is 2. The number of hydrogen-bond acceptors (Lipinski definition) is 8. The normalized spacial score (nSPS) is 17.0. The average Bonchev–Trinajstić information content (AvgIpc) is 2.71. The highest BCUT2D eigenvalue weighted by molar-refractivity contribution is 6.58. The second-order valence-corrected chi connectivity index (χ2v) is 8.77. The standard InChI is InChI=1S/C21H34BN3O6/c1-21(2,3)31-20(27)18(14-15-5-4-6-16(13-15)22(28)29)24-19(26)17(23)7-8-25-9-11-30-12-10-25/h4-6,13,17-18,28-29H,7-12,14,23H2,1-3H3,(H,24,26)/t17-,18-/m0/s1. The fourth-order valence-corrected chi connectivity index (χ4v) is 3.24. The van der Waals surface area contributed by atoms with Gasteiger partial charge in [-0.25, -0.2) is 4.79 Å². The van der Waals surface area contributed by atoms with E-state index in [1.165, 1.54) is 0 Å². The van der Waals surface area contributed by atoms with Crippen molar-refractivity contribution in [1.29, 1.82) is 0 Å². The second kappa shape index (κ2) is 11.6. The number of rotatable bonds is 9. The molecule has 1 aromatic carbocycles. The molecule has 1 aliphatic rings. The molecule has 5 N–H and O–H groups in total. The number of amides is 1. The van der Waals surface area contributed by atoms with Crippen LogP contribution >= 0.6 is 0 Å². The summed E-state index contributed by atoms with van der Waals surface area (Å²) >= 11 is 0. The summed E-state index contributed by atoms with van der Waals surface area (Å²) in [6.45, 7) is 8.88. The number of morpholine rings is 1. The molecule has 0 aromatic heterocycles. The smallest absolute Gasteiger partial charge is 0.458 e. The van der Waals surface area contributed by atoms with Crippen molar-refractivity contribution < 1.29 is 29.1 Å². The van der Waals surface area contributed by atoms with Crippen molar-refractivity contribution in [1.82, 2.24) is 10.2 Å². The monoisotopic (exact) mass is 435 g/mol. The minimum absolute atomic E-state index is 0.136. The third-order valence-corrected chi connectivity index (χ3v) is 4.89. The highest BCUT2D eigenvalue weighted by Crippen LogP contribution is 2.12. The van der Waals surface area contributed by atoms with Gasteiger partial charge in [-0.15, -0.1) is 0 Å². The van der Waals surface area contributed by atoms with Crippen molar-refractivity contribution in [3.05, 3.63) is 29.8 Å². The maximum atomic E-state index is 12.7. The predicted octanol–water partition coefficient (Wildman–Crippen LogP) is -1.21. The molecule has 1 aromatic rings. The van der Waals surface area contributed by atoms with Crippen LogP contribution in [-0.4, -0.2) is 84.5 Å². The Bertz CT molecular complexity index is 734. The van der Waals surface area contributed by atoms with Crippen LogP contribution in [0.5, 0.6) is 0 Å². The maximum absolute atomic E-state index is 12.7. The van der Waals surface area contributed by atoms with Crippen molar-refractivity contribution >= 4 is 24.5 Å². The number of ether oxygens (including phenoxy) is 2. The lowest BCUT2D eigenvalue weighted by molar-refractivity contribution is -0.158. The molecular formula is C21H34BN3O6. The molecule has 1 fully saturated rings. The van der Waals surface area contributed by atoms with E-state index >= 15 is 0 Å². The number of nitrogens with zero attached hydrogens (tertiary/aromatic N) is 1. The molecule has 172 valence electrons. The van der Waals surface area contributed by atoms with Crippen molar-refractivity contribution in [2.45, 2.75) is 51.3 Å². The van der Waals surface area contributed by atoms with Crippen LogP contribution < -0.4 is 16.5 Å². The summed E-state index contributed by atoms with van der Waals surface area (Å²) in [5, 5.41) is 21.5. The van der Waals surface area contributed by atoms with Gasteiger partial charge in [-0.05, 0) is 38.2 Å². The summed E-state index contributed by atoms with van der Waals surface area (Å²) in [6, 6.07) is 4.83. The van der Waals surface area contributed by atoms with Crippen LogP contribution in [0.2, 0.25) is 0 Å². The molecule has 10 heteroatoms. The van der Waals surface area contributed by atoms with Crippen LogP contribution in [-0.2, 0) is 25.5 Å². The van der Waals surface area contributed by atoms with Crippen LogP contribution in [0.4, 0.5) is 0 Å². The Morgan fingerprint density at radius 1 is 1.29 bits per heavy atom. The first-order chi connectivity index (χ1) is 14.5. The van der Waals surface area contributed by atoms with Gasteiger partial charge in [0.05, 0.1) is 19.3 Å². The number of nitrogens with two attached hydrogens (primary N) is 1. The Morgan fingerprint density at radius 2 is 1.97 bits per heavy atom. The molecule has 2 atom stereocenters. The quantitative estimate of drug-likeness (QED) is 0.280. The minimum Gasteiger partial charge on any atom is -0.458 e. The SMILES string of the molecule is CC(C)(C)OC(=O)[C@H](Cc1cccc(B(O)O)c1)NC(=O)[C@@H](N)CCN1CCOCC1. The van der Waals surface area contributed by atoms with Crippen LogP contribution in [0.15, 0.2) is 24.3 Å². The summed E-state index contributed by atoms with van der Waals surface area (Å²) in [7, 11) is -1.62. The van der Waals surface area contributed by atoms with Gasteiger partial charge in [0, 0.05) is 26.1 Å². The van der Waals surface area contributed by atoms with E-state index in [9.17, 15) is 19.6 Å². The highest BCUT2D eigenvalue weighted by atomic mass is 16.6. The van der Waals surface area contributed by atoms with Crippen molar-refractivity contribution in [2.75, 3.05) is 32.8 Å². The van der Waals surface area contributed by atoms with E-state index < -0.39 is 36.7 Å². The van der Waals surface area contributed by atoms with Gasteiger partial charge in [-0.3, -0.25) is 9.69 Å².